The average Bonchev–Trinajstić information content (AvgIpc) is 3.00. The van der Waals surface area contributed by atoms with Gasteiger partial charge >= 0.3 is 6.09 Å². The Morgan fingerprint density at radius 3 is 2.55 bits per heavy atom. The second-order valence-corrected chi connectivity index (χ2v) is 4.79. The lowest BCUT2D eigenvalue weighted by molar-refractivity contribution is 0.102. The van der Waals surface area contributed by atoms with E-state index in [2.05, 4.69) is 15.4 Å². The van der Waals surface area contributed by atoms with Crippen LogP contribution in [-0.2, 0) is 11.3 Å². The highest BCUT2D eigenvalue weighted by Gasteiger charge is 2.06. The highest BCUT2D eigenvalue weighted by Crippen LogP contribution is 2.13. The van der Waals surface area contributed by atoms with E-state index in [1.807, 2.05) is 17.5 Å². The Bertz CT molecular complexity index is 579. The van der Waals surface area contributed by atoms with E-state index in [9.17, 15) is 9.59 Å². The Kier molecular flexibility index (Phi) is 4.73. The number of carbonyl (C=O) groups is 2. The molecule has 0 atom stereocenters. The van der Waals surface area contributed by atoms with E-state index in [4.69, 9.17) is 0 Å². The maximum atomic E-state index is 11.8. The van der Waals surface area contributed by atoms with Crippen LogP contribution in [0.1, 0.15) is 15.9 Å². The van der Waals surface area contributed by atoms with Gasteiger partial charge in [-0.15, -0.1) is 0 Å². The van der Waals surface area contributed by atoms with Gasteiger partial charge in [0.2, 0.25) is 0 Å². The van der Waals surface area contributed by atoms with Crippen LogP contribution in [0.5, 0.6) is 0 Å². The zero-order valence-corrected chi connectivity index (χ0v) is 11.7. The predicted molar refractivity (Wildman–Crippen MR) is 78.0 cm³/mol. The lowest BCUT2D eigenvalue weighted by Crippen LogP contribution is -2.22. The zero-order chi connectivity index (χ0) is 14.4. The molecule has 0 fully saturated rings. The Morgan fingerprint density at radius 1 is 1.20 bits per heavy atom. The molecule has 0 unspecified atom stereocenters. The lowest BCUT2D eigenvalue weighted by atomic mass is 10.2. The maximum absolute atomic E-state index is 11.8. The number of thiophene rings is 1. The summed E-state index contributed by atoms with van der Waals surface area (Å²) in [5.74, 6) is -0.133. The van der Waals surface area contributed by atoms with Crippen molar-refractivity contribution < 1.29 is 14.3 Å². The third kappa shape index (κ3) is 3.83. The van der Waals surface area contributed by atoms with E-state index >= 15 is 0 Å². The van der Waals surface area contributed by atoms with Crippen molar-refractivity contribution in [3.63, 3.8) is 0 Å². The van der Waals surface area contributed by atoms with Crippen molar-refractivity contribution in [2.45, 2.75) is 6.54 Å². The second-order valence-electron chi connectivity index (χ2n) is 4.01. The van der Waals surface area contributed by atoms with Gasteiger partial charge in [-0.05, 0) is 29.1 Å². The van der Waals surface area contributed by atoms with Gasteiger partial charge < -0.3 is 15.4 Å². The molecule has 20 heavy (non-hydrogen) atoms. The maximum Gasteiger partial charge on any atom is 0.407 e. The number of ether oxygens (including phenoxy) is 1. The Balaban J connectivity index is 1.91. The first kappa shape index (κ1) is 14.1. The van der Waals surface area contributed by atoms with Crippen molar-refractivity contribution in [2.24, 2.45) is 0 Å². The molecular formula is C14H14N2O3S. The molecule has 0 spiro atoms. The van der Waals surface area contributed by atoms with Gasteiger partial charge in [-0.1, -0.05) is 12.1 Å². The summed E-state index contributed by atoms with van der Waals surface area (Å²) in [5, 5.41) is 9.04. The van der Waals surface area contributed by atoms with E-state index in [-0.39, 0.29) is 5.91 Å². The molecule has 0 aliphatic carbocycles. The zero-order valence-electron chi connectivity index (χ0n) is 10.9. The molecule has 1 aromatic carbocycles. The molecule has 104 valence electrons. The quantitative estimate of drug-likeness (QED) is 0.910. The van der Waals surface area contributed by atoms with Crippen molar-refractivity contribution in [1.82, 2.24) is 5.32 Å². The van der Waals surface area contributed by atoms with E-state index in [0.717, 1.165) is 5.56 Å². The topological polar surface area (TPSA) is 67.4 Å². The first-order valence-corrected chi connectivity index (χ1v) is 6.87. The van der Waals surface area contributed by atoms with E-state index in [0.29, 0.717) is 17.8 Å². The van der Waals surface area contributed by atoms with Gasteiger partial charge in [-0.25, -0.2) is 4.79 Å². The molecule has 0 saturated heterocycles. The average molecular weight is 290 g/mol. The number of nitrogens with one attached hydrogen (secondary N) is 2. The summed E-state index contributed by atoms with van der Waals surface area (Å²) in [6.07, 6.45) is -0.472. The summed E-state index contributed by atoms with van der Waals surface area (Å²) in [7, 11) is 1.32. The van der Waals surface area contributed by atoms with Gasteiger partial charge in [0.25, 0.3) is 5.91 Å². The van der Waals surface area contributed by atoms with Gasteiger partial charge in [0.1, 0.15) is 0 Å². The van der Waals surface area contributed by atoms with E-state index in [1.54, 1.807) is 23.6 Å². The number of amides is 2. The minimum absolute atomic E-state index is 0.133. The number of hydrogen-bond acceptors (Lipinski definition) is 4. The van der Waals surface area contributed by atoms with Crippen LogP contribution in [0.3, 0.4) is 0 Å². The molecule has 5 nitrogen and oxygen atoms in total. The summed E-state index contributed by atoms with van der Waals surface area (Å²) < 4.78 is 4.48. The fourth-order valence-corrected chi connectivity index (χ4v) is 2.19. The Morgan fingerprint density at radius 2 is 1.95 bits per heavy atom. The molecule has 0 aliphatic rings. The molecule has 2 aromatic rings. The molecule has 0 radical (unpaired) electrons. The van der Waals surface area contributed by atoms with Gasteiger partial charge in [-0.2, -0.15) is 11.3 Å². The number of carbonyl (C=O) groups excluding carboxylic acids is 2. The number of anilines is 1. The molecule has 1 aromatic heterocycles. The minimum atomic E-state index is -0.472. The van der Waals surface area contributed by atoms with Crippen LogP contribution in [-0.4, -0.2) is 19.1 Å². The lowest BCUT2D eigenvalue weighted by Gasteiger charge is -2.06. The summed E-state index contributed by atoms with van der Waals surface area (Å²) in [6.45, 7) is 0.380. The number of methoxy groups -OCH3 is 1. The van der Waals surface area contributed by atoms with Crippen LogP contribution in [0.15, 0.2) is 41.1 Å². The molecule has 0 saturated carbocycles. The van der Waals surface area contributed by atoms with Gasteiger partial charge in [0, 0.05) is 17.6 Å². The molecule has 6 heteroatoms. The fourth-order valence-electron chi connectivity index (χ4n) is 1.55. The first-order chi connectivity index (χ1) is 9.69. The standard InChI is InChI=1S/C14H14N2O3S/c1-19-14(18)15-8-10-2-4-12(5-3-10)16-13(17)11-6-7-20-9-11/h2-7,9H,8H2,1H3,(H,15,18)(H,16,17). The van der Waals surface area contributed by atoms with Crippen LogP contribution in [0, 0.1) is 0 Å². The minimum Gasteiger partial charge on any atom is -0.453 e. The molecule has 0 aliphatic heterocycles. The van der Waals surface area contributed by atoms with Gasteiger partial charge in [-0.3, -0.25) is 4.79 Å². The largest absolute Gasteiger partial charge is 0.453 e. The molecule has 2 rings (SSSR count). The molecule has 2 N–H and O–H groups in total. The molecular weight excluding hydrogens is 276 g/mol. The third-order valence-electron chi connectivity index (χ3n) is 2.62. The monoisotopic (exact) mass is 290 g/mol. The highest BCUT2D eigenvalue weighted by molar-refractivity contribution is 7.08. The highest BCUT2D eigenvalue weighted by atomic mass is 32.1. The van der Waals surface area contributed by atoms with Crippen LogP contribution in [0.25, 0.3) is 0 Å². The number of alkyl carbamates (subject to hydrolysis) is 1. The van der Waals surface area contributed by atoms with E-state index < -0.39 is 6.09 Å². The summed E-state index contributed by atoms with van der Waals surface area (Å²) in [6, 6.07) is 9.02. The van der Waals surface area contributed by atoms with E-state index in [1.165, 1.54) is 18.4 Å². The Hall–Kier alpha value is -2.34. The number of benzene rings is 1. The summed E-state index contributed by atoms with van der Waals surface area (Å²) in [4.78, 5) is 22.8. The number of rotatable bonds is 4. The fraction of sp³-hybridized carbons (Fsp3) is 0.143. The van der Waals surface area contributed by atoms with Crippen LogP contribution >= 0.6 is 11.3 Å². The molecule has 2 amide bonds. The Labute approximate surface area is 120 Å². The third-order valence-corrected chi connectivity index (χ3v) is 3.30. The predicted octanol–water partition coefficient (Wildman–Crippen LogP) is 2.86. The van der Waals surface area contributed by atoms with Crippen molar-refractivity contribution >= 4 is 29.0 Å². The van der Waals surface area contributed by atoms with Crippen molar-refractivity contribution in [3.8, 4) is 0 Å². The van der Waals surface area contributed by atoms with Gasteiger partial charge in [0.15, 0.2) is 0 Å². The normalized spacial score (nSPS) is 9.85. The van der Waals surface area contributed by atoms with Crippen LogP contribution in [0.4, 0.5) is 10.5 Å². The second kappa shape index (κ2) is 6.72. The molecule has 1 heterocycles. The summed E-state index contributed by atoms with van der Waals surface area (Å²) in [5.41, 5.74) is 2.28. The van der Waals surface area contributed by atoms with Crippen LogP contribution in [0.2, 0.25) is 0 Å². The van der Waals surface area contributed by atoms with Crippen molar-refractivity contribution in [3.05, 3.63) is 52.2 Å². The number of hydrogen-bond donors (Lipinski definition) is 2. The first-order valence-electron chi connectivity index (χ1n) is 5.93. The van der Waals surface area contributed by atoms with Gasteiger partial charge in [0.05, 0.1) is 12.7 Å². The summed E-state index contributed by atoms with van der Waals surface area (Å²) >= 11 is 1.48. The van der Waals surface area contributed by atoms with Crippen molar-refractivity contribution in [1.29, 1.82) is 0 Å². The van der Waals surface area contributed by atoms with Crippen LogP contribution < -0.4 is 10.6 Å². The SMILES string of the molecule is COC(=O)NCc1ccc(NC(=O)c2ccsc2)cc1. The smallest absolute Gasteiger partial charge is 0.407 e. The molecule has 0 bridgehead atoms. The van der Waals surface area contributed by atoms with Crippen molar-refractivity contribution in [2.75, 3.05) is 12.4 Å².